The third-order valence-corrected chi connectivity index (χ3v) is 6.18. The summed E-state index contributed by atoms with van der Waals surface area (Å²) in [6.07, 6.45) is 0.729. The Kier molecular flexibility index (Phi) is 7.18. The van der Waals surface area contributed by atoms with Crippen LogP contribution in [0, 0.1) is 0 Å². The molecule has 1 atom stereocenters. The van der Waals surface area contributed by atoms with Crippen LogP contribution in [0.15, 0.2) is 22.7 Å². The molecule has 2 saturated heterocycles. The monoisotopic (exact) mass is 446 g/mol. The molecule has 0 aromatic carbocycles. The molecule has 0 spiro atoms. The van der Waals surface area contributed by atoms with Crippen LogP contribution in [0.1, 0.15) is 11.3 Å². The molecular formula is C16H22N4O7S2. The Morgan fingerprint density at radius 3 is 2.79 bits per heavy atom. The third-order valence-electron chi connectivity index (χ3n) is 4.42. The van der Waals surface area contributed by atoms with Gasteiger partial charge < -0.3 is 14.9 Å². The van der Waals surface area contributed by atoms with Gasteiger partial charge in [0.05, 0.1) is 24.6 Å². The number of rotatable bonds is 9. The molecule has 3 rings (SSSR count). The second-order valence-corrected chi connectivity index (χ2v) is 8.72. The van der Waals surface area contributed by atoms with Crippen LogP contribution >= 0.6 is 11.3 Å². The lowest BCUT2D eigenvalue weighted by atomic mass is 10.1. The van der Waals surface area contributed by atoms with Gasteiger partial charge in [0.25, 0.3) is 11.8 Å². The zero-order chi connectivity index (χ0) is 20.9. The van der Waals surface area contributed by atoms with Crippen LogP contribution in [0.4, 0.5) is 0 Å². The Labute approximate surface area is 172 Å². The Balaban J connectivity index is 1.52. The number of morpholine rings is 1. The first kappa shape index (κ1) is 21.6. The second-order valence-electron chi connectivity index (χ2n) is 6.43. The van der Waals surface area contributed by atoms with Crippen molar-refractivity contribution in [3.05, 3.63) is 22.4 Å². The number of nitrogens with one attached hydrogen (secondary N) is 1. The van der Waals surface area contributed by atoms with Crippen LogP contribution in [0.2, 0.25) is 0 Å². The normalized spacial score (nSPS) is 21.0. The number of carbonyl (C=O) groups excluding carboxylic acids is 2. The summed E-state index contributed by atoms with van der Waals surface area (Å²) >= 11 is 1.28. The van der Waals surface area contributed by atoms with Crippen LogP contribution < -0.4 is 5.32 Å². The van der Waals surface area contributed by atoms with Crippen molar-refractivity contribution in [3.63, 3.8) is 0 Å². The Hall–Kier alpha value is -2.06. The van der Waals surface area contributed by atoms with Crippen molar-refractivity contribution < 1.29 is 32.1 Å². The van der Waals surface area contributed by atoms with E-state index in [9.17, 15) is 18.0 Å². The molecule has 160 valence electrons. The number of thiophene rings is 1. The molecule has 0 bridgehead atoms. The van der Waals surface area contributed by atoms with E-state index >= 15 is 0 Å². The number of carbonyl (C=O) groups is 2. The van der Waals surface area contributed by atoms with E-state index in [0.29, 0.717) is 11.5 Å². The molecule has 2 aliphatic rings. The van der Waals surface area contributed by atoms with E-state index in [-0.39, 0.29) is 16.6 Å². The van der Waals surface area contributed by atoms with Crippen molar-refractivity contribution in [2.24, 2.45) is 5.16 Å². The number of nitrogens with zero attached hydrogens (tertiary/aromatic N) is 3. The Bertz CT molecular complexity index is 851. The number of oxime groups is 1. The molecule has 1 aromatic heterocycles. The maximum atomic E-state index is 12.5. The molecule has 0 radical (unpaired) electrons. The fraction of sp³-hybridized carbons (Fsp3) is 0.562. The quantitative estimate of drug-likeness (QED) is 0.167. The van der Waals surface area contributed by atoms with Crippen LogP contribution in [-0.2, 0) is 29.5 Å². The van der Waals surface area contributed by atoms with Crippen LogP contribution in [-0.4, -0.2) is 91.7 Å². The summed E-state index contributed by atoms with van der Waals surface area (Å²) in [5.74, 6) is -1.56. The summed E-state index contributed by atoms with van der Waals surface area (Å²) in [6, 6.07) is 2.39. The van der Waals surface area contributed by atoms with E-state index in [1.54, 1.807) is 17.5 Å². The van der Waals surface area contributed by atoms with Crippen molar-refractivity contribution in [2.45, 2.75) is 12.5 Å². The number of ether oxygens (including phenoxy) is 1. The minimum absolute atomic E-state index is 0.00415. The molecule has 2 fully saturated rings. The van der Waals surface area contributed by atoms with Crippen molar-refractivity contribution in [3.8, 4) is 0 Å². The summed E-state index contributed by atoms with van der Waals surface area (Å²) in [5, 5.41) is 8.12. The molecule has 2 N–H and O–H groups in total. The standard InChI is InChI=1S/C16H22N4O7S2/c21-15(17-12-11-20(16(12)22)29(23,24)25)14(13-3-1-10-28-13)18-27-7-2-4-19-5-8-26-9-6-19/h1,3,10,12H,2,4-9,11H2,(H,17,21)(H,23,24,25). The lowest BCUT2D eigenvalue weighted by Gasteiger charge is -2.35. The predicted octanol–water partition coefficient (Wildman–Crippen LogP) is -0.679. The molecule has 1 unspecified atom stereocenters. The fourth-order valence-electron chi connectivity index (χ4n) is 2.84. The van der Waals surface area contributed by atoms with Crippen molar-refractivity contribution in [1.29, 1.82) is 0 Å². The molecule has 3 heterocycles. The summed E-state index contributed by atoms with van der Waals surface area (Å²) in [4.78, 5) is 32.4. The number of hydrogen-bond acceptors (Lipinski definition) is 9. The van der Waals surface area contributed by atoms with Gasteiger partial charge >= 0.3 is 10.3 Å². The summed E-state index contributed by atoms with van der Waals surface area (Å²) in [5.41, 5.74) is 0.00415. The van der Waals surface area contributed by atoms with Gasteiger partial charge in [0.1, 0.15) is 12.6 Å². The van der Waals surface area contributed by atoms with Gasteiger partial charge in [0.2, 0.25) is 0 Å². The highest BCUT2D eigenvalue weighted by molar-refractivity contribution is 7.84. The van der Waals surface area contributed by atoms with Crippen molar-refractivity contribution in [1.82, 2.24) is 14.5 Å². The van der Waals surface area contributed by atoms with E-state index in [0.717, 1.165) is 39.3 Å². The molecule has 0 aliphatic carbocycles. The lowest BCUT2D eigenvalue weighted by Crippen LogP contribution is -2.65. The minimum Gasteiger partial charge on any atom is -0.395 e. The van der Waals surface area contributed by atoms with E-state index in [4.69, 9.17) is 14.1 Å². The van der Waals surface area contributed by atoms with Gasteiger partial charge in [0.15, 0.2) is 5.71 Å². The van der Waals surface area contributed by atoms with E-state index in [2.05, 4.69) is 15.4 Å². The topological polar surface area (TPSA) is 138 Å². The molecule has 2 aliphatic heterocycles. The van der Waals surface area contributed by atoms with Gasteiger partial charge in [-0.05, 0) is 17.9 Å². The zero-order valence-electron chi connectivity index (χ0n) is 15.5. The average Bonchev–Trinajstić information content (AvgIpc) is 3.21. The van der Waals surface area contributed by atoms with E-state index < -0.39 is 28.2 Å². The number of hydrogen-bond donors (Lipinski definition) is 2. The molecule has 2 amide bonds. The smallest absolute Gasteiger partial charge is 0.362 e. The van der Waals surface area contributed by atoms with E-state index in [1.807, 2.05) is 0 Å². The van der Waals surface area contributed by atoms with Crippen LogP contribution in [0.3, 0.4) is 0 Å². The predicted molar refractivity (Wildman–Crippen MR) is 104 cm³/mol. The van der Waals surface area contributed by atoms with Gasteiger partial charge in [-0.3, -0.25) is 19.0 Å². The molecule has 13 heteroatoms. The maximum absolute atomic E-state index is 12.5. The summed E-state index contributed by atoms with van der Waals surface area (Å²) < 4.78 is 36.4. The van der Waals surface area contributed by atoms with E-state index in [1.165, 1.54) is 11.3 Å². The number of amides is 2. The van der Waals surface area contributed by atoms with Gasteiger partial charge in [0, 0.05) is 19.6 Å². The first-order valence-corrected chi connectivity index (χ1v) is 11.3. The highest BCUT2D eigenvalue weighted by atomic mass is 32.2. The maximum Gasteiger partial charge on any atom is 0.362 e. The Morgan fingerprint density at radius 2 is 2.17 bits per heavy atom. The second kappa shape index (κ2) is 9.63. The first-order chi connectivity index (χ1) is 13.9. The lowest BCUT2D eigenvalue weighted by molar-refractivity contribution is -0.139. The van der Waals surface area contributed by atoms with Crippen LogP contribution in [0.5, 0.6) is 0 Å². The number of β-lactam (4-membered cyclic amide) rings is 1. The molecule has 0 saturated carbocycles. The zero-order valence-corrected chi connectivity index (χ0v) is 17.2. The van der Waals surface area contributed by atoms with Crippen LogP contribution in [0.25, 0.3) is 0 Å². The van der Waals surface area contributed by atoms with Gasteiger partial charge in [-0.2, -0.15) is 8.42 Å². The molecular weight excluding hydrogens is 424 g/mol. The fourth-order valence-corrected chi connectivity index (χ4v) is 4.23. The summed E-state index contributed by atoms with van der Waals surface area (Å²) in [7, 11) is -4.61. The van der Waals surface area contributed by atoms with Gasteiger partial charge in [-0.15, -0.1) is 11.3 Å². The highest BCUT2D eigenvalue weighted by Gasteiger charge is 2.44. The SMILES string of the molecule is O=C(NC1CN(S(=O)(=O)O)C1=O)C(=NOCCCN1CCOCC1)c1cccs1. The molecule has 11 nitrogen and oxygen atoms in total. The van der Waals surface area contributed by atoms with Crippen molar-refractivity contribution in [2.75, 3.05) is 46.0 Å². The third kappa shape index (κ3) is 5.73. The van der Waals surface area contributed by atoms with Crippen molar-refractivity contribution >= 4 is 39.2 Å². The Morgan fingerprint density at radius 1 is 1.41 bits per heavy atom. The summed E-state index contributed by atoms with van der Waals surface area (Å²) in [6.45, 7) is 4.01. The molecule has 29 heavy (non-hydrogen) atoms. The molecule has 1 aromatic rings. The average molecular weight is 447 g/mol. The minimum atomic E-state index is -4.61. The van der Waals surface area contributed by atoms with Gasteiger partial charge in [-0.25, -0.2) is 4.31 Å². The van der Waals surface area contributed by atoms with Gasteiger partial charge in [-0.1, -0.05) is 11.2 Å². The first-order valence-electron chi connectivity index (χ1n) is 9.00. The highest BCUT2D eigenvalue weighted by Crippen LogP contribution is 2.16. The largest absolute Gasteiger partial charge is 0.395 e.